The van der Waals surface area contributed by atoms with E-state index in [1.807, 2.05) is 18.4 Å². The summed E-state index contributed by atoms with van der Waals surface area (Å²) >= 11 is 6.57. The summed E-state index contributed by atoms with van der Waals surface area (Å²) in [7, 11) is 0. The van der Waals surface area contributed by atoms with Gasteiger partial charge in [-0.2, -0.15) is 0 Å². The van der Waals surface area contributed by atoms with E-state index in [1.165, 1.54) is 11.3 Å². The number of thiophene rings is 1. The molecule has 2 heterocycles. The molecule has 0 saturated heterocycles. The van der Waals surface area contributed by atoms with Gasteiger partial charge in [0.1, 0.15) is 5.01 Å². The number of aryl methyl sites for hydroxylation is 1. The third kappa shape index (κ3) is 2.59. The number of esters is 1. The highest BCUT2D eigenvalue weighted by Crippen LogP contribution is 2.37. The Balaban J connectivity index is 2.37. The zero-order valence-corrected chi connectivity index (χ0v) is 12.5. The van der Waals surface area contributed by atoms with Gasteiger partial charge in [-0.25, -0.2) is 9.78 Å². The molecule has 0 aliphatic heterocycles. The number of rotatable bonds is 3. The molecule has 0 radical (unpaired) electrons. The topological polar surface area (TPSA) is 39.2 Å². The van der Waals surface area contributed by atoms with Gasteiger partial charge in [-0.3, -0.25) is 0 Å². The second-order valence-electron chi connectivity index (χ2n) is 3.24. The lowest BCUT2D eigenvalue weighted by molar-refractivity contribution is 0.0519. The molecule has 0 N–H and O–H groups in total. The Morgan fingerprint density at radius 2 is 2.35 bits per heavy atom. The van der Waals surface area contributed by atoms with E-state index >= 15 is 0 Å². The number of carbonyl (C=O) groups excluding carboxylic acids is 1. The van der Waals surface area contributed by atoms with Crippen molar-refractivity contribution in [1.29, 1.82) is 0 Å². The first-order valence-electron chi connectivity index (χ1n) is 5.01. The Morgan fingerprint density at radius 1 is 1.59 bits per heavy atom. The van der Waals surface area contributed by atoms with Gasteiger partial charge in [0.25, 0.3) is 0 Å². The normalized spacial score (nSPS) is 10.5. The van der Waals surface area contributed by atoms with Gasteiger partial charge in [0.05, 0.1) is 11.5 Å². The minimum atomic E-state index is -0.347. The van der Waals surface area contributed by atoms with Crippen LogP contribution in [0, 0.1) is 6.92 Å². The largest absolute Gasteiger partial charge is 0.461 e. The van der Waals surface area contributed by atoms with E-state index in [2.05, 4.69) is 20.9 Å². The molecule has 0 spiro atoms. The van der Waals surface area contributed by atoms with Crippen molar-refractivity contribution in [2.24, 2.45) is 0 Å². The van der Waals surface area contributed by atoms with Crippen LogP contribution in [0.25, 0.3) is 9.88 Å². The second kappa shape index (κ2) is 5.29. The fraction of sp³-hybridized carbons (Fsp3) is 0.273. The second-order valence-corrected chi connectivity index (χ2v) is 6.22. The maximum Gasteiger partial charge on any atom is 0.358 e. The maximum absolute atomic E-state index is 11.6. The predicted molar refractivity (Wildman–Crippen MR) is 73.8 cm³/mol. The van der Waals surface area contributed by atoms with Gasteiger partial charge in [0.2, 0.25) is 0 Å². The van der Waals surface area contributed by atoms with Crippen LogP contribution in [0.5, 0.6) is 0 Å². The van der Waals surface area contributed by atoms with Crippen LogP contribution in [-0.4, -0.2) is 17.6 Å². The summed E-state index contributed by atoms with van der Waals surface area (Å²) in [6, 6.07) is 1.97. The summed E-state index contributed by atoms with van der Waals surface area (Å²) in [5.41, 5.74) is 0.423. The van der Waals surface area contributed by atoms with Gasteiger partial charge in [-0.05, 0) is 41.2 Å². The molecule has 0 fully saturated rings. The van der Waals surface area contributed by atoms with E-state index in [4.69, 9.17) is 4.74 Å². The van der Waals surface area contributed by atoms with Gasteiger partial charge in [-0.1, -0.05) is 0 Å². The molecule has 0 unspecified atom stereocenters. The average Bonchev–Trinajstić information content (AvgIpc) is 2.84. The van der Waals surface area contributed by atoms with Crippen molar-refractivity contribution in [2.75, 3.05) is 6.61 Å². The van der Waals surface area contributed by atoms with E-state index in [1.54, 1.807) is 18.3 Å². The lowest BCUT2D eigenvalue weighted by Gasteiger charge is -1.97. The van der Waals surface area contributed by atoms with Gasteiger partial charge < -0.3 is 4.74 Å². The lowest BCUT2D eigenvalue weighted by atomic mass is 10.4. The van der Waals surface area contributed by atoms with Gasteiger partial charge in [0, 0.05) is 9.35 Å². The zero-order valence-electron chi connectivity index (χ0n) is 9.32. The van der Waals surface area contributed by atoms with Crippen molar-refractivity contribution in [1.82, 2.24) is 4.98 Å². The van der Waals surface area contributed by atoms with E-state index in [-0.39, 0.29) is 5.97 Å². The number of nitrogens with zero attached hydrogens (tertiary/aromatic N) is 1. The van der Waals surface area contributed by atoms with Gasteiger partial charge in [-0.15, -0.1) is 22.7 Å². The molecule has 2 rings (SSSR count). The molecule has 3 nitrogen and oxygen atoms in total. The average molecular weight is 332 g/mol. The standard InChI is InChI=1S/C11H10BrNO2S2/c1-3-15-11(14)8-6(2)17-10(13-8)9-7(12)4-5-16-9/h4-5H,3H2,1-2H3. The van der Waals surface area contributed by atoms with E-state index in [0.717, 1.165) is 19.2 Å². The quantitative estimate of drug-likeness (QED) is 0.794. The predicted octanol–water partition coefficient (Wildman–Crippen LogP) is 4.12. The molecule has 0 aliphatic rings. The Labute approximate surface area is 116 Å². The van der Waals surface area contributed by atoms with Crippen LogP contribution >= 0.6 is 38.6 Å². The lowest BCUT2D eigenvalue weighted by Crippen LogP contribution is -2.06. The Bertz CT molecular complexity index is 547. The molecule has 0 aromatic carbocycles. The van der Waals surface area contributed by atoms with E-state index in [9.17, 15) is 4.79 Å². The molecule has 0 amide bonds. The fourth-order valence-electron chi connectivity index (χ4n) is 1.33. The summed E-state index contributed by atoms with van der Waals surface area (Å²) in [5.74, 6) is -0.347. The number of ether oxygens (including phenoxy) is 1. The van der Waals surface area contributed by atoms with Crippen molar-refractivity contribution in [3.8, 4) is 9.88 Å². The molecule has 0 aliphatic carbocycles. The third-order valence-corrected chi connectivity index (χ3v) is 5.04. The Hall–Kier alpha value is -0.720. The number of hydrogen-bond acceptors (Lipinski definition) is 5. The van der Waals surface area contributed by atoms with Crippen LogP contribution in [0.4, 0.5) is 0 Å². The van der Waals surface area contributed by atoms with Crippen molar-refractivity contribution in [3.05, 3.63) is 26.5 Å². The third-order valence-electron chi connectivity index (χ3n) is 2.08. The molecule has 0 atom stereocenters. The first-order valence-corrected chi connectivity index (χ1v) is 7.50. The van der Waals surface area contributed by atoms with Gasteiger partial charge >= 0.3 is 5.97 Å². The summed E-state index contributed by atoms with van der Waals surface area (Å²) in [5, 5.41) is 2.84. The molecular weight excluding hydrogens is 322 g/mol. The van der Waals surface area contributed by atoms with Crippen LogP contribution in [0.15, 0.2) is 15.9 Å². The Kier molecular flexibility index (Phi) is 3.96. The van der Waals surface area contributed by atoms with E-state index in [0.29, 0.717) is 12.3 Å². The minimum Gasteiger partial charge on any atom is -0.461 e. The smallest absolute Gasteiger partial charge is 0.358 e. The summed E-state index contributed by atoms with van der Waals surface area (Å²) in [6.07, 6.45) is 0. The molecule has 6 heteroatoms. The fourth-order valence-corrected chi connectivity index (χ4v) is 4.03. The van der Waals surface area contributed by atoms with Crippen molar-refractivity contribution in [2.45, 2.75) is 13.8 Å². The highest BCUT2D eigenvalue weighted by Gasteiger charge is 2.18. The first kappa shape index (κ1) is 12.7. The first-order chi connectivity index (χ1) is 8.13. The summed E-state index contributed by atoms with van der Waals surface area (Å²) in [6.45, 7) is 4.04. The van der Waals surface area contributed by atoms with Crippen LogP contribution < -0.4 is 0 Å². The molecule has 2 aromatic heterocycles. The van der Waals surface area contributed by atoms with Crippen LogP contribution in [-0.2, 0) is 4.74 Å². The summed E-state index contributed by atoms with van der Waals surface area (Å²) in [4.78, 5) is 17.9. The van der Waals surface area contributed by atoms with E-state index < -0.39 is 0 Å². The number of aromatic nitrogens is 1. The molecule has 0 saturated carbocycles. The number of thiazole rings is 1. The molecule has 90 valence electrons. The number of hydrogen-bond donors (Lipinski definition) is 0. The van der Waals surface area contributed by atoms with Crippen LogP contribution in [0.3, 0.4) is 0 Å². The monoisotopic (exact) mass is 331 g/mol. The summed E-state index contributed by atoms with van der Waals surface area (Å²) < 4.78 is 5.97. The molecule has 17 heavy (non-hydrogen) atoms. The SMILES string of the molecule is CCOC(=O)c1nc(-c2sccc2Br)sc1C. The maximum atomic E-state index is 11.6. The van der Waals surface area contributed by atoms with Crippen LogP contribution in [0.1, 0.15) is 22.3 Å². The van der Waals surface area contributed by atoms with Crippen molar-refractivity contribution < 1.29 is 9.53 Å². The molecule has 0 bridgehead atoms. The highest BCUT2D eigenvalue weighted by molar-refractivity contribution is 9.10. The van der Waals surface area contributed by atoms with Gasteiger partial charge in [0.15, 0.2) is 5.69 Å². The van der Waals surface area contributed by atoms with Crippen LogP contribution in [0.2, 0.25) is 0 Å². The number of carbonyl (C=O) groups is 1. The number of halogens is 1. The molecular formula is C11H10BrNO2S2. The molecule has 2 aromatic rings. The minimum absolute atomic E-state index is 0.347. The highest BCUT2D eigenvalue weighted by atomic mass is 79.9. The zero-order chi connectivity index (χ0) is 12.4. The Morgan fingerprint density at radius 3 is 2.94 bits per heavy atom. The van der Waals surface area contributed by atoms with Crippen molar-refractivity contribution >= 4 is 44.6 Å². The van der Waals surface area contributed by atoms with Crippen molar-refractivity contribution in [3.63, 3.8) is 0 Å².